The summed E-state index contributed by atoms with van der Waals surface area (Å²) >= 11 is 6.53. The summed E-state index contributed by atoms with van der Waals surface area (Å²) in [6, 6.07) is -1.16. The average molecular weight is 578 g/mol. The molecule has 0 aliphatic heterocycles. The molecule has 0 saturated heterocycles. The van der Waals surface area contributed by atoms with Gasteiger partial charge in [-0.1, -0.05) is 25.4 Å². The van der Waals surface area contributed by atoms with Crippen LogP contribution in [0.1, 0.15) is 31.4 Å². The zero-order valence-corrected chi connectivity index (χ0v) is 24.1. The first kappa shape index (κ1) is 29.8. The number of hydrogen-bond acceptors (Lipinski definition) is 11. The lowest BCUT2D eigenvalue weighted by atomic mass is 9.57. The Balaban J connectivity index is 1.84. The normalized spacial score (nSPS) is 26.7. The fraction of sp³-hybridized carbons (Fsp3) is 0.556. The van der Waals surface area contributed by atoms with Crippen LogP contribution in [0.4, 0.5) is 5.82 Å². The van der Waals surface area contributed by atoms with Gasteiger partial charge in [0.1, 0.15) is 22.2 Å². The molecule has 1 fully saturated rings. The molecule has 0 spiro atoms. The van der Waals surface area contributed by atoms with Crippen LogP contribution in [0.2, 0.25) is 5.15 Å². The van der Waals surface area contributed by atoms with Gasteiger partial charge in [-0.2, -0.15) is 0 Å². The Morgan fingerprint density at radius 1 is 1.20 bits per heavy atom. The van der Waals surface area contributed by atoms with E-state index in [2.05, 4.69) is 10.3 Å². The Bertz CT molecular complexity index is 1370. The van der Waals surface area contributed by atoms with Crippen LogP contribution in [0, 0.1) is 17.3 Å². The smallest absolute Gasteiger partial charge is 0.255 e. The maximum Gasteiger partial charge on any atom is 0.255 e. The van der Waals surface area contributed by atoms with Gasteiger partial charge in [-0.15, -0.1) is 0 Å². The molecular weight excluding hydrogens is 542 g/mol. The third kappa shape index (κ3) is 4.52. The van der Waals surface area contributed by atoms with E-state index >= 15 is 0 Å². The quantitative estimate of drug-likeness (QED) is 0.200. The summed E-state index contributed by atoms with van der Waals surface area (Å²) in [4.78, 5) is 47.0. The van der Waals surface area contributed by atoms with Crippen molar-refractivity contribution in [3.8, 4) is 5.75 Å². The fourth-order valence-corrected chi connectivity index (χ4v) is 6.77. The molecular formula is C27H36ClN5O7. The van der Waals surface area contributed by atoms with E-state index < -0.39 is 63.8 Å². The summed E-state index contributed by atoms with van der Waals surface area (Å²) in [7, 11) is 6.97. The van der Waals surface area contributed by atoms with Crippen LogP contribution in [-0.4, -0.2) is 106 Å². The van der Waals surface area contributed by atoms with E-state index in [0.717, 1.165) is 6.54 Å². The second-order valence-corrected chi connectivity index (χ2v) is 12.5. The lowest BCUT2D eigenvalue weighted by molar-refractivity contribution is -0.153. The van der Waals surface area contributed by atoms with Crippen molar-refractivity contribution in [3.63, 3.8) is 0 Å². The maximum absolute atomic E-state index is 13.9. The number of rotatable bonds is 7. The predicted molar refractivity (Wildman–Crippen MR) is 148 cm³/mol. The van der Waals surface area contributed by atoms with Crippen molar-refractivity contribution in [2.75, 3.05) is 46.6 Å². The number of aromatic hydroxyl groups is 1. The van der Waals surface area contributed by atoms with Crippen LogP contribution in [-0.2, 0) is 20.8 Å². The SMILES string of the molecule is CN(C)CC(C)(C)CNc1nc(Cl)c2c(c1O)C(O)=C1C(=O)[C@]3(O)C(O)=C(C(N)=O)C(=O)[C@@H](N(C)C)[C@@H]3C[C@@H]1C2. The number of fused-ring (bicyclic) bond motifs is 3. The number of ketones is 2. The zero-order chi connectivity index (χ0) is 30.1. The number of aliphatic hydroxyl groups is 3. The highest BCUT2D eigenvalue weighted by atomic mass is 35.5. The van der Waals surface area contributed by atoms with Crippen LogP contribution in [0.3, 0.4) is 0 Å². The molecule has 1 saturated carbocycles. The van der Waals surface area contributed by atoms with Gasteiger partial charge < -0.3 is 36.4 Å². The minimum Gasteiger partial charge on any atom is -0.508 e. The second kappa shape index (κ2) is 10.0. The van der Waals surface area contributed by atoms with Crippen molar-refractivity contribution in [2.24, 2.45) is 23.0 Å². The molecule has 0 bridgehead atoms. The molecule has 13 heteroatoms. The third-order valence-corrected chi connectivity index (χ3v) is 8.33. The molecule has 1 aromatic rings. The van der Waals surface area contributed by atoms with E-state index in [-0.39, 0.29) is 40.4 Å². The molecule has 3 aliphatic rings. The standard InChI is InChI=1S/C27H36ClN5O7/c1-26(2,10-32(3)4)9-30-25-20(36)15-12(23(28)31-25)7-11-8-13-17(33(5)6)19(35)16(24(29)39)22(38)27(13,40)21(37)14(11)18(15)34/h11,13,17,34,36,38,40H,7-10H2,1-6H3,(H2,29,39)(H,30,31)/t11-,13-,17-,27-/m0/s1. The van der Waals surface area contributed by atoms with Crippen LogP contribution in [0.15, 0.2) is 16.9 Å². The lowest BCUT2D eigenvalue weighted by Gasteiger charge is -2.50. The van der Waals surface area contributed by atoms with Gasteiger partial charge in [0.2, 0.25) is 5.78 Å². The van der Waals surface area contributed by atoms with Gasteiger partial charge >= 0.3 is 0 Å². The number of halogens is 1. The molecule has 7 N–H and O–H groups in total. The molecule has 0 aromatic carbocycles. The van der Waals surface area contributed by atoms with E-state index in [1.807, 2.05) is 32.8 Å². The number of pyridine rings is 1. The van der Waals surface area contributed by atoms with Gasteiger partial charge in [0.25, 0.3) is 5.91 Å². The number of anilines is 1. The van der Waals surface area contributed by atoms with Gasteiger partial charge in [-0.3, -0.25) is 19.3 Å². The molecule has 218 valence electrons. The number of primary amides is 1. The monoisotopic (exact) mass is 577 g/mol. The first-order valence-corrected chi connectivity index (χ1v) is 13.3. The first-order valence-electron chi connectivity index (χ1n) is 12.9. The van der Waals surface area contributed by atoms with E-state index in [4.69, 9.17) is 17.3 Å². The topological polar surface area (TPSA) is 190 Å². The molecule has 1 aromatic heterocycles. The van der Waals surface area contributed by atoms with Crippen molar-refractivity contribution in [1.82, 2.24) is 14.8 Å². The number of carbonyl (C=O) groups is 3. The highest BCUT2D eigenvalue weighted by Gasteiger charge is 2.64. The highest BCUT2D eigenvalue weighted by Crippen LogP contribution is 2.53. The van der Waals surface area contributed by atoms with Gasteiger partial charge in [-0.05, 0) is 52.4 Å². The highest BCUT2D eigenvalue weighted by molar-refractivity contribution is 6.31. The van der Waals surface area contributed by atoms with Gasteiger partial charge in [0.05, 0.1) is 11.6 Å². The molecule has 0 unspecified atom stereocenters. The summed E-state index contributed by atoms with van der Waals surface area (Å²) in [5, 5.41) is 48.3. The van der Waals surface area contributed by atoms with Crippen LogP contribution < -0.4 is 11.1 Å². The van der Waals surface area contributed by atoms with Crippen molar-refractivity contribution < 1.29 is 34.8 Å². The van der Waals surface area contributed by atoms with Crippen molar-refractivity contribution in [1.29, 1.82) is 0 Å². The van der Waals surface area contributed by atoms with Crippen LogP contribution in [0.25, 0.3) is 5.76 Å². The maximum atomic E-state index is 13.9. The largest absolute Gasteiger partial charge is 0.508 e. The van der Waals surface area contributed by atoms with Crippen LogP contribution >= 0.6 is 11.6 Å². The summed E-state index contributed by atoms with van der Waals surface area (Å²) in [5.41, 5.74) is 1.52. The molecule has 4 atom stereocenters. The Kier molecular flexibility index (Phi) is 7.46. The van der Waals surface area contributed by atoms with E-state index in [1.165, 1.54) is 4.90 Å². The molecule has 4 rings (SSSR count). The average Bonchev–Trinajstić information content (AvgIpc) is 2.81. The first-order chi connectivity index (χ1) is 18.4. The summed E-state index contributed by atoms with van der Waals surface area (Å²) < 4.78 is 0. The zero-order valence-electron chi connectivity index (χ0n) is 23.4. The summed E-state index contributed by atoms with van der Waals surface area (Å²) in [5.74, 6) is -7.22. The number of nitrogens with zero attached hydrogens (tertiary/aromatic N) is 3. The number of aromatic nitrogens is 1. The number of likely N-dealkylation sites (N-methyl/N-ethyl adjacent to an activating group) is 1. The van der Waals surface area contributed by atoms with Crippen molar-refractivity contribution in [3.05, 3.63) is 33.2 Å². The fourth-order valence-electron chi connectivity index (χ4n) is 6.51. The van der Waals surface area contributed by atoms with Crippen molar-refractivity contribution in [2.45, 2.75) is 38.3 Å². The lowest BCUT2D eigenvalue weighted by Crippen LogP contribution is -2.65. The van der Waals surface area contributed by atoms with E-state index in [9.17, 15) is 34.8 Å². The molecule has 12 nitrogen and oxygen atoms in total. The number of nitrogens with one attached hydrogen (secondary N) is 1. The number of amides is 1. The van der Waals surface area contributed by atoms with E-state index in [0.29, 0.717) is 12.1 Å². The predicted octanol–water partition coefficient (Wildman–Crippen LogP) is 1.01. The second-order valence-electron chi connectivity index (χ2n) is 12.2. The van der Waals surface area contributed by atoms with Gasteiger partial charge in [0, 0.05) is 30.1 Å². The Labute approximate surface area is 237 Å². The number of aliphatic hydroxyl groups excluding tert-OH is 2. The Morgan fingerprint density at radius 3 is 2.38 bits per heavy atom. The molecule has 1 amide bonds. The summed E-state index contributed by atoms with van der Waals surface area (Å²) in [6.45, 7) is 5.17. The summed E-state index contributed by atoms with van der Waals surface area (Å²) in [6.07, 6.45) is 0.0436. The van der Waals surface area contributed by atoms with Gasteiger partial charge in [0.15, 0.2) is 23.0 Å². The molecule has 40 heavy (non-hydrogen) atoms. The third-order valence-electron chi connectivity index (χ3n) is 8.01. The number of carbonyl (C=O) groups excluding carboxylic acids is 3. The number of Topliss-reactive ketones (excluding diaryl/α,β-unsaturated/α-hetero) is 2. The van der Waals surface area contributed by atoms with E-state index in [1.54, 1.807) is 14.1 Å². The minimum atomic E-state index is -2.70. The minimum absolute atomic E-state index is 0.00993. The Hall–Kier alpha value is -3.19. The number of nitrogens with two attached hydrogens (primary N) is 1. The Morgan fingerprint density at radius 2 is 1.82 bits per heavy atom. The van der Waals surface area contributed by atoms with Gasteiger partial charge in [-0.25, -0.2) is 4.98 Å². The molecule has 1 heterocycles. The van der Waals surface area contributed by atoms with Crippen molar-refractivity contribution >= 4 is 40.7 Å². The van der Waals surface area contributed by atoms with Crippen LogP contribution in [0.5, 0.6) is 5.75 Å². The number of hydrogen-bond donors (Lipinski definition) is 6. The molecule has 0 radical (unpaired) electrons. The molecule has 3 aliphatic carbocycles.